The van der Waals surface area contributed by atoms with Gasteiger partial charge in [0.1, 0.15) is 5.60 Å². The fourth-order valence-electron chi connectivity index (χ4n) is 2.62. The normalized spacial score (nSPS) is 19.0. The van der Waals surface area contributed by atoms with Gasteiger partial charge in [0.15, 0.2) is 0 Å². The van der Waals surface area contributed by atoms with Crippen LogP contribution in [-0.4, -0.2) is 23.1 Å². The molecule has 1 unspecified atom stereocenters. The van der Waals surface area contributed by atoms with Crippen molar-refractivity contribution < 1.29 is 9.53 Å². The van der Waals surface area contributed by atoms with E-state index >= 15 is 0 Å². The molecule has 21 heavy (non-hydrogen) atoms. The number of hydrogen-bond acceptors (Lipinski definition) is 2. The van der Waals surface area contributed by atoms with Crippen molar-refractivity contribution in [2.45, 2.75) is 51.7 Å². The van der Waals surface area contributed by atoms with E-state index in [0.29, 0.717) is 0 Å². The predicted molar refractivity (Wildman–Crippen MR) is 83.9 cm³/mol. The molecule has 3 nitrogen and oxygen atoms in total. The summed E-state index contributed by atoms with van der Waals surface area (Å²) < 4.78 is 5.53. The largest absolute Gasteiger partial charge is 0.444 e. The van der Waals surface area contributed by atoms with Crippen LogP contribution in [-0.2, 0) is 4.74 Å². The molecule has 0 saturated carbocycles. The number of rotatable bonds is 1. The van der Waals surface area contributed by atoms with Crippen LogP contribution in [0.25, 0.3) is 0 Å². The van der Waals surface area contributed by atoms with E-state index in [-0.39, 0.29) is 12.1 Å². The Labute approximate surface area is 127 Å². The van der Waals surface area contributed by atoms with Crippen LogP contribution in [0.4, 0.5) is 4.79 Å². The van der Waals surface area contributed by atoms with Gasteiger partial charge in [0.25, 0.3) is 0 Å². The number of hydrogen-bond donors (Lipinski definition) is 0. The van der Waals surface area contributed by atoms with Gasteiger partial charge in [-0.1, -0.05) is 18.1 Å². The maximum absolute atomic E-state index is 12.4. The number of terminal acetylenes is 1. The highest BCUT2D eigenvalue weighted by Crippen LogP contribution is 2.32. The quantitative estimate of drug-likeness (QED) is 0.726. The number of benzene rings is 1. The van der Waals surface area contributed by atoms with Crippen molar-refractivity contribution in [1.29, 1.82) is 0 Å². The van der Waals surface area contributed by atoms with E-state index in [9.17, 15) is 4.79 Å². The molecule has 0 radical (unpaired) electrons. The Bertz CT molecular complexity index is 534. The predicted octanol–water partition coefficient (Wildman–Crippen LogP) is 4.13. The number of nitrogens with zero attached hydrogens (tertiary/aromatic N) is 1. The molecule has 2 rings (SSSR count). The minimum Gasteiger partial charge on any atom is -0.444 e. The molecule has 1 aliphatic rings. The van der Waals surface area contributed by atoms with Crippen LogP contribution >= 0.6 is 0 Å². The van der Waals surface area contributed by atoms with E-state index in [1.807, 2.05) is 49.9 Å². The second-order valence-corrected chi connectivity index (χ2v) is 6.45. The summed E-state index contributed by atoms with van der Waals surface area (Å²) in [7, 11) is 0. The summed E-state index contributed by atoms with van der Waals surface area (Å²) in [6, 6.07) is 7.97. The first kappa shape index (κ1) is 15.4. The molecule has 1 atom stereocenters. The van der Waals surface area contributed by atoms with Crippen molar-refractivity contribution in [3.8, 4) is 12.3 Å². The average Bonchev–Trinajstić information content (AvgIpc) is 2.45. The maximum atomic E-state index is 12.4. The lowest BCUT2D eigenvalue weighted by Gasteiger charge is -2.37. The number of ether oxygens (including phenoxy) is 1. The highest BCUT2D eigenvalue weighted by molar-refractivity contribution is 5.69. The van der Waals surface area contributed by atoms with Gasteiger partial charge in [-0.05, 0) is 57.7 Å². The number of likely N-dealkylation sites (tertiary alicyclic amines) is 1. The van der Waals surface area contributed by atoms with Crippen LogP contribution in [0, 0.1) is 12.3 Å². The third-order valence-electron chi connectivity index (χ3n) is 3.59. The highest BCUT2D eigenvalue weighted by Gasteiger charge is 2.31. The zero-order valence-corrected chi connectivity index (χ0v) is 13.1. The van der Waals surface area contributed by atoms with Crippen LogP contribution in [0.2, 0.25) is 0 Å². The Balaban J connectivity index is 2.18. The van der Waals surface area contributed by atoms with E-state index in [1.165, 1.54) is 0 Å². The molecule has 0 spiro atoms. The Morgan fingerprint density at radius 1 is 1.29 bits per heavy atom. The van der Waals surface area contributed by atoms with Crippen LogP contribution in [0.15, 0.2) is 24.3 Å². The standard InChI is InChI=1S/C18H23NO2/c1-5-14-9-11-15(12-10-14)16-8-6-7-13-19(16)17(20)21-18(2,3)4/h1,9-12,16H,6-8,13H2,2-4H3. The van der Waals surface area contributed by atoms with Gasteiger partial charge in [-0.15, -0.1) is 6.42 Å². The van der Waals surface area contributed by atoms with Gasteiger partial charge < -0.3 is 9.64 Å². The number of amides is 1. The lowest BCUT2D eigenvalue weighted by molar-refractivity contribution is 0.00952. The molecule has 0 N–H and O–H groups in total. The molecule has 1 aliphatic heterocycles. The monoisotopic (exact) mass is 285 g/mol. The molecule has 1 saturated heterocycles. The summed E-state index contributed by atoms with van der Waals surface area (Å²) in [5.74, 6) is 2.62. The first-order valence-electron chi connectivity index (χ1n) is 7.47. The summed E-state index contributed by atoms with van der Waals surface area (Å²) in [6.07, 6.45) is 8.28. The van der Waals surface area contributed by atoms with Gasteiger partial charge in [-0.3, -0.25) is 0 Å². The smallest absolute Gasteiger partial charge is 0.410 e. The number of carbonyl (C=O) groups excluding carboxylic acids is 1. The highest BCUT2D eigenvalue weighted by atomic mass is 16.6. The van der Waals surface area contributed by atoms with Gasteiger partial charge in [0, 0.05) is 12.1 Å². The van der Waals surface area contributed by atoms with Crippen molar-refractivity contribution in [2.75, 3.05) is 6.54 Å². The van der Waals surface area contributed by atoms with Crippen LogP contribution in [0.1, 0.15) is 57.2 Å². The summed E-state index contributed by atoms with van der Waals surface area (Å²) in [5.41, 5.74) is 1.52. The summed E-state index contributed by atoms with van der Waals surface area (Å²) in [4.78, 5) is 14.2. The second-order valence-electron chi connectivity index (χ2n) is 6.45. The first-order chi connectivity index (χ1) is 9.90. The Morgan fingerprint density at radius 2 is 1.95 bits per heavy atom. The van der Waals surface area contributed by atoms with E-state index in [2.05, 4.69) is 5.92 Å². The Hall–Kier alpha value is -1.95. The minimum absolute atomic E-state index is 0.0837. The molecule has 0 aliphatic carbocycles. The van der Waals surface area contributed by atoms with Gasteiger partial charge in [-0.25, -0.2) is 4.79 Å². The maximum Gasteiger partial charge on any atom is 0.410 e. The SMILES string of the molecule is C#Cc1ccc(C2CCCCN2C(=O)OC(C)(C)C)cc1. The zero-order valence-electron chi connectivity index (χ0n) is 13.1. The molecule has 1 fully saturated rings. The molecular formula is C18H23NO2. The van der Waals surface area contributed by atoms with Gasteiger partial charge >= 0.3 is 6.09 Å². The van der Waals surface area contributed by atoms with Gasteiger partial charge in [-0.2, -0.15) is 0 Å². The van der Waals surface area contributed by atoms with Crippen molar-refractivity contribution in [3.05, 3.63) is 35.4 Å². The molecule has 3 heteroatoms. The van der Waals surface area contributed by atoms with Crippen molar-refractivity contribution in [1.82, 2.24) is 4.90 Å². The lowest BCUT2D eigenvalue weighted by Crippen LogP contribution is -2.41. The van der Waals surface area contributed by atoms with Crippen molar-refractivity contribution in [2.24, 2.45) is 0 Å². The Kier molecular flexibility index (Phi) is 4.57. The topological polar surface area (TPSA) is 29.5 Å². The van der Waals surface area contributed by atoms with E-state index in [0.717, 1.165) is 36.9 Å². The molecule has 1 heterocycles. The molecule has 0 bridgehead atoms. The summed E-state index contributed by atoms with van der Waals surface area (Å²) in [6.45, 7) is 6.43. The average molecular weight is 285 g/mol. The number of piperidine rings is 1. The molecule has 1 amide bonds. The van der Waals surface area contributed by atoms with Crippen LogP contribution in [0.5, 0.6) is 0 Å². The van der Waals surface area contributed by atoms with Gasteiger partial charge in [0.2, 0.25) is 0 Å². The van der Waals surface area contributed by atoms with E-state index in [4.69, 9.17) is 11.2 Å². The van der Waals surface area contributed by atoms with Crippen molar-refractivity contribution >= 4 is 6.09 Å². The third kappa shape index (κ3) is 4.01. The molecule has 112 valence electrons. The van der Waals surface area contributed by atoms with E-state index in [1.54, 1.807) is 0 Å². The number of carbonyl (C=O) groups is 1. The van der Waals surface area contributed by atoms with Crippen LogP contribution in [0.3, 0.4) is 0 Å². The zero-order chi connectivity index (χ0) is 15.5. The first-order valence-corrected chi connectivity index (χ1v) is 7.47. The van der Waals surface area contributed by atoms with Crippen molar-refractivity contribution in [3.63, 3.8) is 0 Å². The van der Waals surface area contributed by atoms with Gasteiger partial charge in [0.05, 0.1) is 6.04 Å². The lowest BCUT2D eigenvalue weighted by atomic mass is 9.95. The fourth-order valence-corrected chi connectivity index (χ4v) is 2.62. The summed E-state index contributed by atoms with van der Waals surface area (Å²) in [5, 5.41) is 0. The molecule has 0 aromatic heterocycles. The second kappa shape index (κ2) is 6.22. The molecule has 1 aromatic carbocycles. The Morgan fingerprint density at radius 3 is 2.52 bits per heavy atom. The summed E-state index contributed by atoms with van der Waals surface area (Å²) >= 11 is 0. The molecule has 1 aromatic rings. The molecular weight excluding hydrogens is 262 g/mol. The fraction of sp³-hybridized carbons (Fsp3) is 0.500. The van der Waals surface area contributed by atoms with Crippen LogP contribution < -0.4 is 0 Å². The van der Waals surface area contributed by atoms with E-state index < -0.39 is 5.60 Å². The third-order valence-corrected chi connectivity index (χ3v) is 3.59. The minimum atomic E-state index is -0.466.